The van der Waals surface area contributed by atoms with Crippen LogP contribution in [0.15, 0.2) is 64.8 Å². The van der Waals surface area contributed by atoms with Crippen LogP contribution in [0.3, 0.4) is 0 Å². The van der Waals surface area contributed by atoms with Crippen LogP contribution in [0.1, 0.15) is 28.3 Å². The molecule has 1 aromatic heterocycles. The first-order valence-electron chi connectivity index (χ1n) is 10.8. The number of methoxy groups -OCH3 is 3. The summed E-state index contributed by atoms with van der Waals surface area (Å²) in [5, 5.41) is 0.381. The predicted octanol–water partition coefficient (Wildman–Crippen LogP) is 3.74. The average molecular weight is 497 g/mol. The normalized spacial score (nSPS) is 14.7. The minimum atomic E-state index is -0.871. The molecule has 3 aromatic rings. The molecule has 0 saturated carbocycles. The Morgan fingerprint density at radius 3 is 2.46 bits per heavy atom. The van der Waals surface area contributed by atoms with Crippen LogP contribution in [0.4, 0.5) is 0 Å². The number of aromatic nitrogens is 1. The lowest BCUT2D eigenvalue weighted by molar-refractivity contribution is -0.136. The molecule has 0 amide bonds. The second kappa shape index (κ2) is 9.76. The van der Waals surface area contributed by atoms with E-state index in [1.165, 1.54) is 7.11 Å². The van der Waals surface area contributed by atoms with Crippen molar-refractivity contribution in [2.45, 2.75) is 19.4 Å². The van der Waals surface area contributed by atoms with Crippen LogP contribution in [-0.2, 0) is 16.1 Å². The van der Waals surface area contributed by atoms with E-state index in [-0.39, 0.29) is 34.9 Å². The molecule has 0 radical (unpaired) electrons. The summed E-state index contributed by atoms with van der Waals surface area (Å²) < 4.78 is 23.0. The number of hydrogen-bond acceptors (Lipinski definition) is 7. The monoisotopic (exact) mass is 496 g/mol. The van der Waals surface area contributed by atoms with Crippen LogP contribution in [-0.4, -0.2) is 31.9 Å². The van der Waals surface area contributed by atoms with Crippen molar-refractivity contribution in [3.63, 3.8) is 0 Å². The Morgan fingerprint density at radius 2 is 1.80 bits per heavy atom. The van der Waals surface area contributed by atoms with Crippen LogP contribution in [0, 0.1) is 6.92 Å². The maximum atomic E-state index is 13.9. The fraction of sp³-hybridized carbons (Fsp3) is 0.231. The summed E-state index contributed by atoms with van der Waals surface area (Å²) in [7, 11) is 4.35. The van der Waals surface area contributed by atoms with Crippen LogP contribution in [0.5, 0.6) is 17.2 Å². The van der Waals surface area contributed by atoms with Gasteiger partial charge in [0.1, 0.15) is 11.3 Å². The number of halogens is 1. The molecule has 9 heteroatoms. The molecule has 4 rings (SSSR count). The van der Waals surface area contributed by atoms with E-state index in [1.54, 1.807) is 62.1 Å². The van der Waals surface area contributed by atoms with Crippen LogP contribution in [0.25, 0.3) is 0 Å². The second-order valence-electron chi connectivity index (χ2n) is 7.97. The third-order valence-electron chi connectivity index (χ3n) is 5.98. The fourth-order valence-corrected chi connectivity index (χ4v) is 4.52. The SMILES string of the molecule is COC(=O)C1=C(N)Oc2cc(C)n(Cc3ccc(OC)c(OC)c3)c(=O)c2C1c1ccccc1Cl. The summed E-state index contributed by atoms with van der Waals surface area (Å²) in [5.41, 5.74) is 8.09. The maximum Gasteiger partial charge on any atom is 0.340 e. The molecular weight excluding hydrogens is 472 g/mol. The Kier molecular flexibility index (Phi) is 6.75. The lowest BCUT2D eigenvalue weighted by Crippen LogP contribution is -2.35. The topological polar surface area (TPSA) is 102 Å². The van der Waals surface area contributed by atoms with Gasteiger partial charge in [0.25, 0.3) is 5.56 Å². The van der Waals surface area contributed by atoms with Gasteiger partial charge < -0.3 is 29.2 Å². The maximum absolute atomic E-state index is 13.9. The quantitative estimate of drug-likeness (QED) is 0.518. The Bertz CT molecular complexity index is 1400. The summed E-state index contributed by atoms with van der Waals surface area (Å²) in [6.45, 7) is 2.05. The molecule has 2 aromatic carbocycles. The zero-order valence-corrected chi connectivity index (χ0v) is 20.5. The van der Waals surface area contributed by atoms with E-state index in [9.17, 15) is 9.59 Å². The summed E-state index contributed by atoms with van der Waals surface area (Å²) >= 11 is 6.51. The summed E-state index contributed by atoms with van der Waals surface area (Å²) in [6.07, 6.45) is 0. The van der Waals surface area contributed by atoms with Crippen molar-refractivity contribution in [1.29, 1.82) is 0 Å². The first kappa shape index (κ1) is 24.2. The van der Waals surface area contributed by atoms with Gasteiger partial charge in [-0.2, -0.15) is 0 Å². The zero-order chi connectivity index (χ0) is 25.3. The van der Waals surface area contributed by atoms with E-state index in [0.29, 0.717) is 27.8 Å². The number of ether oxygens (including phenoxy) is 4. The number of nitrogens with two attached hydrogens (primary N) is 1. The number of rotatable bonds is 6. The molecule has 2 N–H and O–H groups in total. The molecule has 1 aliphatic rings. The van der Waals surface area contributed by atoms with Gasteiger partial charge in [-0.1, -0.05) is 35.9 Å². The van der Waals surface area contributed by atoms with Gasteiger partial charge in [-0.05, 0) is 36.2 Å². The summed E-state index contributed by atoms with van der Waals surface area (Å²) in [5.74, 6) is -0.304. The minimum absolute atomic E-state index is 0.0201. The van der Waals surface area contributed by atoms with E-state index in [0.717, 1.165) is 5.56 Å². The van der Waals surface area contributed by atoms with Crippen molar-refractivity contribution >= 4 is 17.6 Å². The van der Waals surface area contributed by atoms with Crippen molar-refractivity contribution in [3.05, 3.63) is 97.7 Å². The largest absolute Gasteiger partial charge is 0.493 e. The Balaban J connectivity index is 1.92. The zero-order valence-electron chi connectivity index (χ0n) is 19.8. The standard InChI is InChI=1S/C26H25ClN2O6/c1-14-11-20-22(25(30)29(14)13-15-9-10-18(32-2)19(12-15)33-3)21(16-7-5-6-8-17(16)27)23(24(28)35-20)26(31)34-4/h5-12,21H,13,28H2,1-4H3. The van der Waals surface area contributed by atoms with Crippen molar-refractivity contribution in [2.24, 2.45) is 5.73 Å². The van der Waals surface area contributed by atoms with Gasteiger partial charge in [0, 0.05) is 16.8 Å². The number of fused-ring (bicyclic) bond motifs is 1. The number of nitrogens with zero attached hydrogens (tertiary/aromatic N) is 1. The van der Waals surface area contributed by atoms with Crippen LogP contribution in [0.2, 0.25) is 5.02 Å². The lowest BCUT2D eigenvalue weighted by Gasteiger charge is -2.29. The van der Waals surface area contributed by atoms with Gasteiger partial charge in [0.2, 0.25) is 5.88 Å². The van der Waals surface area contributed by atoms with E-state index < -0.39 is 11.9 Å². The van der Waals surface area contributed by atoms with Crippen molar-refractivity contribution in [1.82, 2.24) is 4.57 Å². The smallest absolute Gasteiger partial charge is 0.340 e. The fourth-order valence-electron chi connectivity index (χ4n) is 4.27. The highest BCUT2D eigenvalue weighted by Gasteiger charge is 2.39. The number of carbonyl (C=O) groups excluding carboxylic acids is 1. The second-order valence-corrected chi connectivity index (χ2v) is 8.38. The van der Waals surface area contributed by atoms with Gasteiger partial charge in [0.15, 0.2) is 11.5 Å². The number of carbonyl (C=O) groups is 1. The Labute approximate surface area is 207 Å². The van der Waals surface area contributed by atoms with E-state index in [4.69, 9.17) is 36.3 Å². The van der Waals surface area contributed by atoms with Gasteiger partial charge in [-0.3, -0.25) is 4.79 Å². The van der Waals surface area contributed by atoms with Crippen LogP contribution < -0.4 is 25.5 Å². The van der Waals surface area contributed by atoms with Crippen molar-refractivity contribution < 1.29 is 23.7 Å². The highest BCUT2D eigenvalue weighted by atomic mass is 35.5. The average Bonchev–Trinajstić information content (AvgIpc) is 2.85. The number of esters is 1. The first-order valence-corrected chi connectivity index (χ1v) is 11.1. The van der Waals surface area contributed by atoms with E-state index in [1.807, 2.05) is 12.1 Å². The van der Waals surface area contributed by atoms with E-state index in [2.05, 4.69) is 0 Å². The molecule has 0 fully saturated rings. The minimum Gasteiger partial charge on any atom is -0.493 e. The Hall–Kier alpha value is -3.91. The predicted molar refractivity (Wildman–Crippen MR) is 131 cm³/mol. The van der Waals surface area contributed by atoms with Gasteiger partial charge in [-0.15, -0.1) is 0 Å². The van der Waals surface area contributed by atoms with Crippen molar-refractivity contribution in [2.75, 3.05) is 21.3 Å². The highest BCUT2D eigenvalue weighted by molar-refractivity contribution is 6.31. The summed E-state index contributed by atoms with van der Waals surface area (Å²) in [4.78, 5) is 26.7. The number of aryl methyl sites for hydroxylation is 1. The van der Waals surface area contributed by atoms with Crippen molar-refractivity contribution in [3.8, 4) is 17.2 Å². The third kappa shape index (κ3) is 4.33. The van der Waals surface area contributed by atoms with Gasteiger partial charge >= 0.3 is 5.97 Å². The number of benzene rings is 2. The van der Waals surface area contributed by atoms with Crippen LogP contribution >= 0.6 is 11.6 Å². The summed E-state index contributed by atoms with van der Waals surface area (Å²) in [6, 6.07) is 14.1. The Morgan fingerprint density at radius 1 is 1.09 bits per heavy atom. The molecule has 35 heavy (non-hydrogen) atoms. The molecule has 2 heterocycles. The molecule has 1 atom stereocenters. The van der Waals surface area contributed by atoms with Gasteiger partial charge in [0.05, 0.1) is 39.4 Å². The molecule has 0 saturated heterocycles. The first-order chi connectivity index (χ1) is 16.8. The molecule has 1 unspecified atom stereocenters. The highest BCUT2D eigenvalue weighted by Crippen LogP contribution is 2.43. The molecule has 1 aliphatic heterocycles. The molecule has 0 aliphatic carbocycles. The number of hydrogen-bond donors (Lipinski definition) is 1. The molecule has 0 spiro atoms. The molecule has 8 nitrogen and oxygen atoms in total. The van der Waals surface area contributed by atoms with Gasteiger partial charge in [-0.25, -0.2) is 4.79 Å². The van der Waals surface area contributed by atoms with E-state index >= 15 is 0 Å². The number of pyridine rings is 1. The molecule has 182 valence electrons. The third-order valence-corrected chi connectivity index (χ3v) is 6.32. The molecular formula is C26H25ClN2O6. The molecule has 0 bridgehead atoms. The lowest BCUT2D eigenvalue weighted by atomic mass is 9.83.